The van der Waals surface area contributed by atoms with E-state index < -0.39 is 0 Å². The van der Waals surface area contributed by atoms with Crippen molar-refractivity contribution < 1.29 is 0 Å². The van der Waals surface area contributed by atoms with Crippen molar-refractivity contribution in [2.24, 2.45) is 5.73 Å². The second-order valence-corrected chi connectivity index (χ2v) is 2.96. The highest BCUT2D eigenvalue weighted by atomic mass is 15.0. The molecular weight excluding hydrogens is 148 g/mol. The minimum atomic E-state index is 0.404. The maximum Gasteiger partial charge on any atom is 0.0387 e. The zero-order chi connectivity index (χ0) is 8.97. The summed E-state index contributed by atoms with van der Waals surface area (Å²) in [4.78, 5) is 0. The van der Waals surface area contributed by atoms with Gasteiger partial charge in [0.15, 0.2) is 0 Å². The first-order chi connectivity index (χ1) is 5.81. The second-order valence-electron chi connectivity index (χ2n) is 2.96. The summed E-state index contributed by atoms with van der Waals surface area (Å²) in [5.74, 6) is 0. The Balaban J connectivity index is 2.76. The van der Waals surface area contributed by atoms with Crippen molar-refractivity contribution in [2.75, 3.05) is 6.54 Å². The van der Waals surface area contributed by atoms with Gasteiger partial charge in [0.25, 0.3) is 0 Å². The predicted octanol–water partition coefficient (Wildman–Crippen LogP) is 1.32. The molecule has 0 aromatic heterocycles. The Morgan fingerprint density at radius 2 is 2.25 bits per heavy atom. The van der Waals surface area contributed by atoms with E-state index in [1.54, 1.807) is 0 Å². The van der Waals surface area contributed by atoms with Crippen LogP contribution in [0.1, 0.15) is 12.8 Å². The van der Waals surface area contributed by atoms with Crippen molar-refractivity contribution >= 4 is 0 Å². The molecule has 0 saturated heterocycles. The number of nitrogens with one attached hydrogen (secondary N) is 1. The number of hydrogen-bond acceptors (Lipinski definition) is 2. The van der Waals surface area contributed by atoms with Gasteiger partial charge in [0.05, 0.1) is 0 Å². The quantitative estimate of drug-likeness (QED) is 0.660. The highest BCUT2D eigenvalue weighted by Gasteiger charge is 2.14. The van der Waals surface area contributed by atoms with Gasteiger partial charge in [0.2, 0.25) is 0 Å². The molecule has 0 aromatic carbocycles. The Hall–Kier alpha value is -1.02. The van der Waals surface area contributed by atoms with Crippen LogP contribution in [0.25, 0.3) is 0 Å². The van der Waals surface area contributed by atoms with E-state index >= 15 is 0 Å². The molecule has 1 rings (SSSR count). The molecule has 3 N–H and O–H groups in total. The lowest BCUT2D eigenvalue weighted by Crippen LogP contribution is -2.38. The highest BCUT2D eigenvalue weighted by Crippen LogP contribution is 2.18. The maximum atomic E-state index is 5.56. The maximum absolute atomic E-state index is 5.56. The van der Waals surface area contributed by atoms with Gasteiger partial charge in [-0.05, 0) is 24.5 Å². The van der Waals surface area contributed by atoms with E-state index in [4.69, 9.17) is 5.73 Å². The Morgan fingerprint density at radius 3 is 2.75 bits per heavy atom. The lowest BCUT2D eigenvalue weighted by atomic mass is 9.98. The van der Waals surface area contributed by atoms with Crippen LogP contribution in [0.4, 0.5) is 0 Å². The molecule has 0 fully saturated rings. The Bertz CT molecular complexity index is 216. The second kappa shape index (κ2) is 4.12. The summed E-state index contributed by atoms with van der Waals surface area (Å²) >= 11 is 0. The molecule has 0 aromatic rings. The number of allylic oxidation sites excluding steroid dienone is 3. The summed E-state index contributed by atoms with van der Waals surface area (Å²) in [6, 6.07) is 0.404. The lowest BCUT2D eigenvalue weighted by molar-refractivity contribution is 0.512. The van der Waals surface area contributed by atoms with Crippen molar-refractivity contribution in [2.45, 2.75) is 18.9 Å². The predicted molar refractivity (Wildman–Crippen MR) is 52.6 cm³/mol. The fourth-order valence-electron chi connectivity index (χ4n) is 1.43. The molecule has 2 nitrogen and oxygen atoms in total. The summed E-state index contributed by atoms with van der Waals surface area (Å²) in [6.45, 7) is 8.18. The van der Waals surface area contributed by atoms with Crippen molar-refractivity contribution in [3.63, 3.8) is 0 Å². The van der Waals surface area contributed by atoms with Gasteiger partial charge in [-0.15, -0.1) is 0 Å². The van der Waals surface area contributed by atoms with E-state index in [0.717, 1.165) is 18.5 Å². The zero-order valence-corrected chi connectivity index (χ0v) is 7.34. The van der Waals surface area contributed by atoms with Gasteiger partial charge in [-0.2, -0.15) is 0 Å². The van der Waals surface area contributed by atoms with Gasteiger partial charge in [-0.1, -0.05) is 19.2 Å². The minimum Gasteiger partial charge on any atom is -0.381 e. The van der Waals surface area contributed by atoms with E-state index in [1.807, 2.05) is 12.2 Å². The Morgan fingerprint density at radius 1 is 1.50 bits per heavy atom. The molecule has 0 bridgehead atoms. The zero-order valence-electron chi connectivity index (χ0n) is 7.34. The van der Waals surface area contributed by atoms with Gasteiger partial charge in [0.1, 0.15) is 0 Å². The first kappa shape index (κ1) is 9.07. The standard InChI is InChI=1S/C10H16N2/c1-3-8-5-6-9(7-11)12-10(8)4-2/h3-4,9,12H,1-2,5-7,11H2. The van der Waals surface area contributed by atoms with Gasteiger partial charge in [-0.25, -0.2) is 0 Å². The molecular formula is C10H16N2. The van der Waals surface area contributed by atoms with Gasteiger partial charge < -0.3 is 11.1 Å². The highest BCUT2D eigenvalue weighted by molar-refractivity contribution is 5.32. The van der Waals surface area contributed by atoms with E-state index in [1.165, 1.54) is 5.57 Å². The van der Waals surface area contributed by atoms with Gasteiger partial charge in [-0.3, -0.25) is 0 Å². The van der Waals surface area contributed by atoms with Gasteiger partial charge >= 0.3 is 0 Å². The van der Waals surface area contributed by atoms with Gasteiger partial charge in [0, 0.05) is 18.3 Å². The van der Waals surface area contributed by atoms with Crippen LogP contribution in [0, 0.1) is 0 Å². The third-order valence-electron chi connectivity index (χ3n) is 2.20. The Kier molecular flexibility index (Phi) is 3.11. The molecule has 66 valence electrons. The molecule has 0 radical (unpaired) electrons. The molecule has 0 spiro atoms. The molecule has 0 saturated carbocycles. The molecule has 12 heavy (non-hydrogen) atoms. The monoisotopic (exact) mass is 164 g/mol. The number of hydrogen-bond donors (Lipinski definition) is 2. The Labute approximate surface area is 73.8 Å². The third-order valence-corrected chi connectivity index (χ3v) is 2.20. The molecule has 0 amide bonds. The smallest absolute Gasteiger partial charge is 0.0387 e. The summed E-state index contributed by atoms with van der Waals surface area (Å²) in [7, 11) is 0. The van der Waals surface area contributed by atoms with Crippen LogP contribution < -0.4 is 11.1 Å². The molecule has 1 aliphatic rings. The topological polar surface area (TPSA) is 38.0 Å². The van der Waals surface area contributed by atoms with Crippen molar-refractivity contribution in [3.05, 3.63) is 36.6 Å². The van der Waals surface area contributed by atoms with E-state index in [2.05, 4.69) is 18.5 Å². The van der Waals surface area contributed by atoms with Crippen LogP contribution in [-0.2, 0) is 0 Å². The minimum absolute atomic E-state index is 0.404. The normalized spacial score (nSPS) is 23.2. The third kappa shape index (κ3) is 1.77. The average Bonchev–Trinajstić information content (AvgIpc) is 2.16. The number of rotatable bonds is 3. The van der Waals surface area contributed by atoms with Crippen molar-refractivity contribution in [3.8, 4) is 0 Å². The summed E-state index contributed by atoms with van der Waals surface area (Å²) in [5, 5.41) is 3.32. The summed E-state index contributed by atoms with van der Waals surface area (Å²) < 4.78 is 0. The summed E-state index contributed by atoms with van der Waals surface area (Å²) in [6.07, 6.45) is 5.87. The fourth-order valence-corrected chi connectivity index (χ4v) is 1.43. The SMILES string of the molecule is C=CC1=C(C=C)NC(CN)CC1. The fraction of sp³-hybridized carbons (Fsp3) is 0.400. The molecule has 0 aliphatic carbocycles. The first-order valence-electron chi connectivity index (χ1n) is 4.26. The van der Waals surface area contributed by atoms with Crippen molar-refractivity contribution in [1.82, 2.24) is 5.32 Å². The van der Waals surface area contributed by atoms with E-state index in [9.17, 15) is 0 Å². The van der Waals surface area contributed by atoms with Crippen LogP contribution in [-0.4, -0.2) is 12.6 Å². The van der Waals surface area contributed by atoms with Crippen LogP contribution in [0.15, 0.2) is 36.6 Å². The lowest BCUT2D eigenvalue weighted by Gasteiger charge is -2.25. The molecule has 1 unspecified atom stereocenters. The van der Waals surface area contributed by atoms with Crippen LogP contribution in [0.2, 0.25) is 0 Å². The largest absolute Gasteiger partial charge is 0.381 e. The molecule has 1 heterocycles. The van der Waals surface area contributed by atoms with Crippen molar-refractivity contribution in [1.29, 1.82) is 0 Å². The van der Waals surface area contributed by atoms with Crippen LogP contribution in [0.3, 0.4) is 0 Å². The van der Waals surface area contributed by atoms with E-state index in [0.29, 0.717) is 12.6 Å². The first-order valence-corrected chi connectivity index (χ1v) is 4.26. The average molecular weight is 164 g/mol. The van der Waals surface area contributed by atoms with Crippen LogP contribution in [0.5, 0.6) is 0 Å². The molecule has 1 atom stereocenters. The van der Waals surface area contributed by atoms with E-state index in [-0.39, 0.29) is 0 Å². The summed E-state index contributed by atoms with van der Waals surface area (Å²) in [5.41, 5.74) is 7.90. The van der Waals surface area contributed by atoms with Crippen LogP contribution >= 0.6 is 0 Å². The number of nitrogens with two attached hydrogens (primary N) is 1. The molecule has 2 heteroatoms. The molecule has 1 aliphatic heterocycles.